The highest BCUT2D eigenvalue weighted by Gasteiger charge is 2.30. The van der Waals surface area contributed by atoms with E-state index in [2.05, 4.69) is 25.9 Å². The second-order valence-corrected chi connectivity index (χ2v) is 7.36. The number of nitrogens with one attached hydrogen (secondary N) is 2. The molecule has 4 rings (SSSR count). The molecule has 0 bridgehead atoms. The Kier molecular flexibility index (Phi) is 6.06. The summed E-state index contributed by atoms with van der Waals surface area (Å²) in [6, 6.07) is 8.71. The molecule has 0 fully saturated rings. The highest BCUT2D eigenvalue weighted by molar-refractivity contribution is 5.90. The molecule has 11 nitrogen and oxygen atoms in total. The third kappa shape index (κ3) is 4.27. The maximum atomic E-state index is 12.2. The first-order chi connectivity index (χ1) is 15.5. The van der Waals surface area contributed by atoms with Gasteiger partial charge in [-0.2, -0.15) is 5.10 Å². The fourth-order valence-corrected chi connectivity index (χ4v) is 3.51. The normalized spacial score (nSPS) is 15.2. The number of hydrogen-bond donors (Lipinski definition) is 2. The topological polar surface area (TPSA) is 127 Å². The van der Waals surface area contributed by atoms with E-state index in [-0.39, 0.29) is 18.0 Å². The summed E-state index contributed by atoms with van der Waals surface area (Å²) in [6.07, 6.45) is 0.759. The summed E-state index contributed by atoms with van der Waals surface area (Å²) in [5.74, 6) is 0.414. The van der Waals surface area contributed by atoms with Crippen LogP contribution in [0, 0.1) is 0 Å². The molecule has 1 unspecified atom stereocenters. The Morgan fingerprint density at radius 3 is 2.88 bits per heavy atom. The van der Waals surface area contributed by atoms with E-state index in [0.717, 1.165) is 12.1 Å². The van der Waals surface area contributed by atoms with E-state index in [1.807, 2.05) is 29.5 Å². The molecule has 0 aliphatic carbocycles. The number of rotatable bonds is 6. The smallest absolute Gasteiger partial charge is 0.338 e. The van der Waals surface area contributed by atoms with Gasteiger partial charge < -0.3 is 19.4 Å². The summed E-state index contributed by atoms with van der Waals surface area (Å²) >= 11 is 0. The molecule has 0 saturated heterocycles. The summed E-state index contributed by atoms with van der Waals surface area (Å²) in [6.45, 7) is 5.53. The summed E-state index contributed by atoms with van der Waals surface area (Å²) < 4.78 is 13.0. The molecule has 3 aromatic rings. The number of carbonyl (C=O) groups excluding carboxylic acids is 2. The van der Waals surface area contributed by atoms with Gasteiger partial charge in [0.2, 0.25) is 5.89 Å². The van der Waals surface area contributed by atoms with Gasteiger partial charge in [0, 0.05) is 25.2 Å². The van der Waals surface area contributed by atoms with E-state index in [4.69, 9.17) is 9.15 Å². The maximum absolute atomic E-state index is 12.2. The minimum Gasteiger partial charge on any atom is -0.462 e. The van der Waals surface area contributed by atoms with Gasteiger partial charge in [-0.3, -0.25) is 10.00 Å². The quantitative estimate of drug-likeness (QED) is 0.561. The predicted octanol–water partition coefficient (Wildman–Crippen LogP) is 2.83. The molecule has 0 saturated carbocycles. The Labute approximate surface area is 184 Å². The zero-order valence-electron chi connectivity index (χ0n) is 18.2. The van der Waals surface area contributed by atoms with E-state index in [9.17, 15) is 9.59 Å². The molecule has 3 heterocycles. The molecule has 1 aliphatic rings. The Morgan fingerprint density at radius 1 is 1.25 bits per heavy atom. The van der Waals surface area contributed by atoms with E-state index in [0.29, 0.717) is 48.5 Å². The van der Waals surface area contributed by atoms with Crippen LogP contribution in [0.15, 0.2) is 34.7 Å². The number of hydrogen-bond acceptors (Lipinski definition) is 8. The van der Waals surface area contributed by atoms with Crippen LogP contribution in [0.4, 0.5) is 16.6 Å². The SMILES string of the molecule is CCCOC(=O)c1cccc(-c2nnc(N3CCn4nc(NC(=O)NC)cc4C3C)o2)c1. The largest absolute Gasteiger partial charge is 0.462 e. The molecule has 2 N–H and O–H groups in total. The van der Waals surface area contributed by atoms with Crippen molar-refractivity contribution in [3.63, 3.8) is 0 Å². The average Bonchev–Trinajstić information content (AvgIpc) is 3.45. The van der Waals surface area contributed by atoms with Crippen LogP contribution in [0.25, 0.3) is 11.5 Å². The van der Waals surface area contributed by atoms with Crippen molar-refractivity contribution < 1.29 is 18.7 Å². The third-order valence-corrected chi connectivity index (χ3v) is 5.17. The molecular weight excluding hydrogens is 414 g/mol. The second-order valence-electron chi connectivity index (χ2n) is 7.36. The average molecular weight is 439 g/mol. The number of amides is 2. The number of fused-ring (bicyclic) bond motifs is 1. The van der Waals surface area contributed by atoms with Gasteiger partial charge in [0.05, 0.1) is 30.5 Å². The summed E-state index contributed by atoms with van der Waals surface area (Å²) in [4.78, 5) is 25.7. The van der Waals surface area contributed by atoms with Gasteiger partial charge in [-0.05, 0) is 31.5 Å². The van der Waals surface area contributed by atoms with Gasteiger partial charge in [0.25, 0.3) is 0 Å². The lowest BCUT2D eigenvalue weighted by Gasteiger charge is -2.32. The van der Waals surface area contributed by atoms with Gasteiger partial charge in [0.15, 0.2) is 5.82 Å². The standard InChI is InChI=1S/C21H25N7O4/c1-4-10-31-19(29)15-7-5-6-14(11-15)18-24-25-21(32-18)27-8-9-28-16(13(27)2)12-17(26-28)23-20(30)22-3/h5-7,11-13H,4,8-10H2,1-3H3,(H2,22,23,26,30). The number of anilines is 2. The first kappa shape index (κ1) is 21.3. The van der Waals surface area contributed by atoms with E-state index in [1.54, 1.807) is 31.3 Å². The van der Waals surface area contributed by atoms with Crippen molar-refractivity contribution >= 4 is 23.8 Å². The van der Waals surface area contributed by atoms with E-state index < -0.39 is 0 Å². The fraction of sp³-hybridized carbons (Fsp3) is 0.381. The maximum Gasteiger partial charge on any atom is 0.338 e. The Bertz CT molecular complexity index is 1120. The molecule has 11 heteroatoms. The van der Waals surface area contributed by atoms with Crippen molar-refractivity contribution in [2.75, 3.05) is 30.4 Å². The highest BCUT2D eigenvalue weighted by atomic mass is 16.5. The molecule has 2 aromatic heterocycles. The summed E-state index contributed by atoms with van der Waals surface area (Å²) in [7, 11) is 1.55. The van der Waals surface area contributed by atoms with Gasteiger partial charge in [0.1, 0.15) is 0 Å². The second kappa shape index (κ2) is 9.08. The molecule has 32 heavy (non-hydrogen) atoms. The molecule has 1 atom stereocenters. The molecule has 1 aromatic carbocycles. The van der Waals surface area contributed by atoms with Crippen LogP contribution in [0.5, 0.6) is 0 Å². The summed E-state index contributed by atoms with van der Waals surface area (Å²) in [5, 5.41) is 18.0. The lowest BCUT2D eigenvalue weighted by atomic mass is 10.1. The van der Waals surface area contributed by atoms with Gasteiger partial charge >= 0.3 is 18.0 Å². The first-order valence-corrected chi connectivity index (χ1v) is 10.4. The number of carbonyl (C=O) groups is 2. The van der Waals surface area contributed by atoms with E-state index >= 15 is 0 Å². The Balaban J connectivity index is 1.52. The Hall–Kier alpha value is -3.89. The van der Waals surface area contributed by atoms with Crippen molar-refractivity contribution in [3.8, 4) is 11.5 Å². The molecule has 0 spiro atoms. The van der Waals surface area contributed by atoms with Crippen molar-refractivity contribution in [1.29, 1.82) is 0 Å². The lowest BCUT2D eigenvalue weighted by Crippen LogP contribution is -2.37. The molecular formula is C21H25N7O4. The van der Waals surface area contributed by atoms with Crippen LogP contribution >= 0.6 is 0 Å². The zero-order valence-corrected chi connectivity index (χ0v) is 18.2. The molecule has 0 radical (unpaired) electrons. The number of aromatic nitrogens is 4. The number of urea groups is 1. The highest BCUT2D eigenvalue weighted by Crippen LogP contribution is 2.32. The fourth-order valence-electron chi connectivity index (χ4n) is 3.51. The van der Waals surface area contributed by atoms with Gasteiger partial charge in [-0.15, -0.1) is 5.10 Å². The van der Waals surface area contributed by atoms with Crippen LogP contribution in [0.1, 0.15) is 42.4 Å². The van der Waals surface area contributed by atoms with Crippen molar-refractivity contribution in [1.82, 2.24) is 25.3 Å². The van der Waals surface area contributed by atoms with Crippen LogP contribution in [-0.2, 0) is 11.3 Å². The first-order valence-electron chi connectivity index (χ1n) is 10.4. The molecule has 2 amide bonds. The number of benzene rings is 1. The van der Waals surface area contributed by atoms with Crippen LogP contribution in [0.3, 0.4) is 0 Å². The van der Waals surface area contributed by atoms with E-state index in [1.165, 1.54) is 0 Å². The third-order valence-electron chi connectivity index (χ3n) is 5.17. The lowest BCUT2D eigenvalue weighted by molar-refractivity contribution is 0.0505. The minimum absolute atomic E-state index is 0.0971. The zero-order chi connectivity index (χ0) is 22.7. The van der Waals surface area contributed by atoms with Crippen LogP contribution in [-0.4, -0.2) is 52.2 Å². The minimum atomic E-state index is -0.382. The number of ether oxygens (including phenoxy) is 1. The van der Waals surface area contributed by atoms with Gasteiger partial charge in [-0.1, -0.05) is 18.1 Å². The monoisotopic (exact) mass is 439 g/mol. The van der Waals surface area contributed by atoms with Crippen molar-refractivity contribution in [2.24, 2.45) is 0 Å². The molecule has 168 valence electrons. The van der Waals surface area contributed by atoms with Gasteiger partial charge in [-0.25, -0.2) is 9.59 Å². The Morgan fingerprint density at radius 2 is 2.09 bits per heavy atom. The number of nitrogens with zero attached hydrogens (tertiary/aromatic N) is 5. The van der Waals surface area contributed by atoms with Crippen molar-refractivity contribution in [2.45, 2.75) is 32.9 Å². The molecule has 1 aliphatic heterocycles. The van der Waals surface area contributed by atoms with Crippen LogP contribution in [0.2, 0.25) is 0 Å². The van der Waals surface area contributed by atoms with Crippen LogP contribution < -0.4 is 15.5 Å². The number of esters is 1. The predicted molar refractivity (Wildman–Crippen MR) is 116 cm³/mol. The summed E-state index contributed by atoms with van der Waals surface area (Å²) in [5.41, 5.74) is 1.99. The van der Waals surface area contributed by atoms with Crippen molar-refractivity contribution in [3.05, 3.63) is 41.6 Å².